The van der Waals surface area contributed by atoms with Crippen LogP contribution in [-0.2, 0) is 0 Å². The second kappa shape index (κ2) is 4.12. The summed E-state index contributed by atoms with van der Waals surface area (Å²) in [5, 5.41) is 0. The Morgan fingerprint density at radius 3 is 2.62 bits per heavy atom. The van der Waals surface area contributed by atoms with Crippen LogP contribution in [0.25, 0.3) is 0 Å². The van der Waals surface area contributed by atoms with E-state index >= 15 is 0 Å². The largest absolute Gasteiger partial charge is 0.491 e. The van der Waals surface area contributed by atoms with Gasteiger partial charge in [-0.3, -0.25) is 4.98 Å². The smallest absolute Gasteiger partial charge is 0.182 e. The minimum atomic E-state index is 0.638. The molecule has 0 saturated carbocycles. The monoisotopic (exact) mass is 181 g/mol. The van der Waals surface area contributed by atoms with Crippen LogP contribution in [0.1, 0.15) is 18.3 Å². The number of methoxy groups -OCH3 is 1. The van der Waals surface area contributed by atoms with Crippen molar-refractivity contribution in [2.75, 3.05) is 13.7 Å². The van der Waals surface area contributed by atoms with Crippen molar-refractivity contribution in [1.82, 2.24) is 4.98 Å². The number of aromatic nitrogens is 1. The van der Waals surface area contributed by atoms with Crippen molar-refractivity contribution in [3.63, 3.8) is 0 Å². The van der Waals surface area contributed by atoms with E-state index < -0.39 is 0 Å². The molecule has 1 aromatic heterocycles. The molecule has 1 aromatic rings. The highest BCUT2D eigenvalue weighted by atomic mass is 16.5. The molecule has 0 aliphatic heterocycles. The van der Waals surface area contributed by atoms with E-state index in [0.717, 1.165) is 22.9 Å². The molecular formula is C10H15NO2. The molecule has 3 nitrogen and oxygen atoms in total. The quantitative estimate of drug-likeness (QED) is 0.715. The molecule has 0 bridgehead atoms. The van der Waals surface area contributed by atoms with E-state index in [1.54, 1.807) is 7.11 Å². The van der Waals surface area contributed by atoms with Crippen LogP contribution in [-0.4, -0.2) is 18.7 Å². The molecule has 0 saturated heterocycles. The summed E-state index contributed by atoms with van der Waals surface area (Å²) in [6.07, 6.45) is 0. The molecule has 0 fully saturated rings. The van der Waals surface area contributed by atoms with Gasteiger partial charge in [0.1, 0.15) is 0 Å². The Bertz CT molecular complexity index is 297. The van der Waals surface area contributed by atoms with Gasteiger partial charge in [0.2, 0.25) is 0 Å². The molecule has 0 unspecified atom stereocenters. The van der Waals surface area contributed by atoms with Gasteiger partial charge in [0.05, 0.1) is 19.4 Å². The Morgan fingerprint density at radius 1 is 1.38 bits per heavy atom. The highest BCUT2D eigenvalue weighted by Gasteiger charge is 2.08. The van der Waals surface area contributed by atoms with Gasteiger partial charge in [0.15, 0.2) is 11.5 Å². The SMILES string of the molecule is CCOc1cc(C)nc(C)c1OC. The molecular weight excluding hydrogens is 166 g/mol. The highest BCUT2D eigenvalue weighted by Crippen LogP contribution is 2.29. The Labute approximate surface area is 78.7 Å². The number of nitrogens with zero attached hydrogens (tertiary/aromatic N) is 1. The minimum absolute atomic E-state index is 0.638. The fourth-order valence-electron chi connectivity index (χ4n) is 1.29. The predicted molar refractivity (Wildman–Crippen MR) is 51.4 cm³/mol. The zero-order chi connectivity index (χ0) is 9.84. The summed E-state index contributed by atoms with van der Waals surface area (Å²) < 4.78 is 10.6. The molecule has 0 aliphatic rings. The molecule has 1 rings (SSSR count). The number of aryl methyl sites for hydroxylation is 2. The molecule has 0 N–H and O–H groups in total. The van der Waals surface area contributed by atoms with E-state index in [1.807, 2.05) is 26.8 Å². The van der Waals surface area contributed by atoms with Gasteiger partial charge in [-0.15, -0.1) is 0 Å². The van der Waals surface area contributed by atoms with Gasteiger partial charge in [0.25, 0.3) is 0 Å². The summed E-state index contributed by atoms with van der Waals surface area (Å²) in [5.41, 5.74) is 1.81. The number of rotatable bonds is 3. The molecule has 1 heterocycles. The number of pyridine rings is 1. The van der Waals surface area contributed by atoms with E-state index in [4.69, 9.17) is 9.47 Å². The van der Waals surface area contributed by atoms with E-state index in [1.165, 1.54) is 0 Å². The number of ether oxygens (including phenoxy) is 2. The van der Waals surface area contributed by atoms with Crippen LogP contribution < -0.4 is 9.47 Å². The van der Waals surface area contributed by atoms with Crippen LogP contribution in [0.4, 0.5) is 0 Å². The predicted octanol–water partition coefficient (Wildman–Crippen LogP) is 2.11. The van der Waals surface area contributed by atoms with Crippen molar-refractivity contribution >= 4 is 0 Å². The summed E-state index contributed by atoms with van der Waals surface area (Å²) in [6, 6.07) is 1.88. The molecule has 3 heteroatoms. The lowest BCUT2D eigenvalue weighted by molar-refractivity contribution is 0.308. The first kappa shape index (κ1) is 9.84. The third-order valence-corrected chi connectivity index (χ3v) is 1.74. The maximum absolute atomic E-state index is 5.42. The van der Waals surface area contributed by atoms with Crippen LogP contribution in [0.15, 0.2) is 6.07 Å². The molecule has 0 radical (unpaired) electrons. The van der Waals surface area contributed by atoms with Crippen molar-refractivity contribution < 1.29 is 9.47 Å². The zero-order valence-electron chi connectivity index (χ0n) is 8.55. The average Bonchev–Trinajstić information content (AvgIpc) is 2.04. The van der Waals surface area contributed by atoms with Crippen LogP contribution in [0.3, 0.4) is 0 Å². The zero-order valence-corrected chi connectivity index (χ0v) is 8.55. The van der Waals surface area contributed by atoms with Crippen LogP contribution in [0.2, 0.25) is 0 Å². The second-order valence-electron chi connectivity index (χ2n) is 2.81. The molecule has 0 atom stereocenters. The molecule has 0 aliphatic carbocycles. The molecule has 0 spiro atoms. The standard InChI is InChI=1S/C10H15NO2/c1-5-13-9-6-7(2)11-8(3)10(9)12-4/h6H,5H2,1-4H3. The Kier molecular flexibility index (Phi) is 3.12. The van der Waals surface area contributed by atoms with Crippen LogP contribution in [0, 0.1) is 13.8 Å². The summed E-state index contributed by atoms with van der Waals surface area (Å²) in [7, 11) is 1.63. The fourth-order valence-corrected chi connectivity index (χ4v) is 1.29. The second-order valence-corrected chi connectivity index (χ2v) is 2.81. The normalized spacial score (nSPS) is 9.85. The van der Waals surface area contributed by atoms with Gasteiger partial charge >= 0.3 is 0 Å². The van der Waals surface area contributed by atoms with Crippen molar-refractivity contribution in [2.45, 2.75) is 20.8 Å². The lowest BCUT2D eigenvalue weighted by atomic mass is 10.3. The first-order valence-electron chi connectivity index (χ1n) is 4.34. The summed E-state index contributed by atoms with van der Waals surface area (Å²) in [4.78, 5) is 4.28. The minimum Gasteiger partial charge on any atom is -0.491 e. The highest BCUT2D eigenvalue weighted by molar-refractivity contribution is 5.43. The van der Waals surface area contributed by atoms with Gasteiger partial charge in [-0.25, -0.2) is 0 Å². The molecule has 0 amide bonds. The lowest BCUT2D eigenvalue weighted by Gasteiger charge is -2.11. The Balaban J connectivity index is 3.13. The van der Waals surface area contributed by atoms with Gasteiger partial charge in [-0.1, -0.05) is 0 Å². The van der Waals surface area contributed by atoms with Crippen molar-refractivity contribution in [1.29, 1.82) is 0 Å². The van der Waals surface area contributed by atoms with E-state index in [9.17, 15) is 0 Å². The summed E-state index contributed by atoms with van der Waals surface area (Å²) in [5.74, 6) is 1.50. The lowest BCUT2D eigenvalue weighted by Crippen LogP contribution is -1.99. The third-order valence-electron chi connectivity index (χ3n) is 1.74. The maximum Gasteiger partial charge on any atom is 0.182 e. The summed E-state index contributed by atoms with van der Waals surface area (Å²) in [6.45, 7) is 6.44. The van der Waals surface area contributed by atoms with Crippen LogP contribution in [0.5, 0.6) is 11.5 Å². The van der Waals surface area contributed by atoms with Crippen LogP contribution >= 0.6 is 0 Å². The van der Waals surface area contributed by atoms with Gasteiger partial charge in [-0.05, 0) is 20.8 Å². The maximum atomic E-state index is 5.42. The third kappa shape index (κ3) is 2.11. The van der Waals surface area contributed by atoms with Crippen molar-refractivity contribution in [3.8, 4) is 11.5 Å². The summed E-state index contributed by atoms with van der Waals surface area (Å²) >= 11 is 0. The Hall–Kier alpha value is -1.25. The van der Waals surface area contributed by atoms with Gasteiger partial charge in [-0.2, -0.15) is 0 Å². The van der Waals surface area contributed by atoms with E-state index in [-0.39, 0.29) is 0 Å². The fraction of sp³-hybridized carbons (Fsp3) is 0.500. The molecule has 13 heavy (non-hydrogen) atoms. The molecule has 72 valence electrons. The number of hydrogen-bond donors (Lipinski definition) is 0. The van der Waals surface area contributed by atoms with Crippen molar-refractivity contribution in [2.24, 2.45) is 0 Å². The van der Waals surface area contributed by atoms with E-state index in [0.29, 0.717) is 6.61 Å². The first-order chi connectivity index (χ1) is 6.19. The van der Waals surface area contributed by atoms with Gasteiger partial charge in [0, 0.05) is 11.8 Å². The van der Waals surface area contributed by atoms with Gasteiger partial charge < -0.3 is 9.47 Å². The average molecular weight is 181 g/mol. The van der Waals surface area contributed by atoms with Crippen molar-refractivity contribution in [3.05, 3.63) is 17.5 Å². The molecule has 0 aromatic carbocycles. The van der Waals surface area contributed by atoms with E-state index in [2.05, 4.69) is 4.98 Å². The topological polar surface area (TPSA) is 31.4 Å². The Morgan fingerprint density at radius 2 is 2.08 bits per heavy atom. The number of hydrogen-bond acceptors (Lipinski definition) is 3. The first-order valence-corrected chi connectivity index (χ1v) is 4.34.